The molecule has 1 aromatic heterocycles. The monoisotopic (exact) mass is 404 g/mol. The van der Waals surface area contributed by atoms with Crippen molar-refractivity contribution in [2.24, 2.45) is 0 Å². The molecule has 0 saturated carbocycles. The summed E-state index contributed by atoms with van der Waals surface area (Å²) in [5.74, 6) is -9.29. The van der Waals surface area contributed by atoms with E-state index in [2.05, 4.69) is 10.1 Å². The van der Waals surface area contributed by atoms with Crippen LogP contribution in [0.1, 0.15) is 11.8 Å². The maximum Gasteiger partial charge on any atom is 0.260 e. The highest BCUT2D eigenvalue weighted by Crippen LogP contribution is 2.26. The van der Waals surface area contributed by atoms with Gasteiger partial charge in [-0.1, -0.05) is 6.07 Å². The number of hydrogen-bond acceptors (Lipinski definition) is 4. The smallest absolute Gasteiger partial charge is 0.260 e. The highest BCUT2D eigenvalue weighted by Gasteiger charge is 2.23. The van der Waals surface area contributed by atoms with Crippen LogP contribution in [0.5, 0.6) is 5.75 Å². The summed E-state index contributed by atoms with van der Waals surface area (Å²) in [6, 6.07) is 3.71. The molecule has 2 rings (SSSR count). The number of nitrogens with one attached hydrogen (secondary N) is 1. The van der Waals surface area contributed by atoms with Crippen LogP contribution in [0.15, 0.2) is 23.6 Å². The first-order chi connectivity index (χ1) is 12.8. The van der Waals surface area contributed by atoms with Gasteiger partial charge in [-0.05, 0) is 18.4 Å². The van der Waals surface area contributed by atoms with Crippen LogP contribution in [0.3, 0.4) is 0 Å². The van der Waals surface area contributed by atoms with Crippen LogP contribution < -0.4 is 10.1 Å². The van der Waals surface area contributed by atoms with Crippen molar-refractivity contribution >= 4 is 23.2 Å². The number of nitrogens with zero attached hydrogens (tertiary/aromatic N) is 1. The van der Waals surface area contributed by atoms with Gasteiger partial charge < -0.3 is 15.0 Å². The lowest BCUT2D eigenvalue weighted by Crippen LogP contribution is -2.42. The van der Waals surface area contributed by atoms with E-state index < -0.39 is 47.4 Å². The van der Waals surface area contributed by atoms with Gasteiger partial charge in [-0.15, -0.1) is 11.3 Å². The van der Waals surface area contributed by atoms with Crippen molar-refractivity contribution in [1.82, 2.24) is 10.2 Å². The molecule has 27 heavy (non-hydrogen) atoms. The quantitative estimate of drug-likeness (QED) is 0.544. The minimum atomic E-state index is -1.74. The fourth-order valence-corrected chi connectivity index (χ4v) is 2.75. The van der Waals surface area contributed by atoms with Gasteiger partial charge >= 0.3 is 0 Å². The summed E-state index contributed by atoms with van der Waals surface area (Å²) in [7, 11) is 0. The van der Waals surface area contributed by atoms with Crippen molar-refractivity contribution < 1.29 is 31.9 Å². The molecule has 2 aromatic rings. The maximum atomic E-state index is 13.5. The standard InChI is InChI=1S/C17H16F4N2O3S/c1-2-23(8-13(24)22-7-10-4-3-5-27-10)14(25)9-26-17-15(20)11(18)6-12(19)16(17)21/h3-6H,2,7-9H2,1H3,(H,22,24). The second kappa shape index (κ2) is 9.36. The molecular formula is C17H16F4N2O3S. The lowest BCUT2D eigenvalue weighted by atomic mass is 10.3. The first-order valence-corrected chi connectivity index (χ1v) is 8.74. The van der Waals surface area contributed by atoms with Crippen molar-refractivity contribution in [3.63, 3.8) is 0 Å². The summed E-state index contributed by atoms with van der Waals surface area (Å²) >= 11 is 1.46. The van der Waals surface area contributed by atoms with Gasteiger partial charge in [0.1, 0.15) is 0 Å². The molecule has 0 saturated heterocycles. The summed E-state index contributed by atoms with van der Waals surface area (Å²) < 4.78 is 57.9. The number of halogens is 4. The Bertz CT molecular complexity index is 789. The second-order valence-electron chi connectivity index (χ2n) is 5.35. The van der Waals surface area contributed by atoms with Crippen LogP contribution >= 0.6 is 11.3 Å². The normalized spacial score (nSPS) is 10.6. The molecule has 0 atom stereocenters. The number of carbonyl (C=O) groups is 2. The number of rotatable bonds is 8. The average Bonchev–Trinajstić information content (AvgIpc) is 3.16. The predicted molar refractivity (Wildman–Crippen MR) is 90.2 cm³/mol. The van der Waals surface area contributed by atoms with Crippen molar-refractivity contribution in [3.8, 4) is 5.75 Å². The van der Waals surface area contributed by atoms with Crippen molar-refractivity contribution in [2.75, 3.05) is 19.7 Å². The number of ether oxygens (including phenoxy) is 1. The van der Waals surface area contributed by atoms with Gasteiger partial charge in [0.25, 0.3) is 5.91 Å². The van der Waals surface area contributed by atoms with Crippen LogP contribution in [-0.4, -0.2) is 36.4 Å². The topological polar surface area (TPSA) is 58.6 Å². The number of carbonyl (C=O) groups excluding carboxylic acids is 2. The zero-order valence-electron chi connectivity index (χ0n) is 14.2. The van der Waals surface area contributed by atoms with Gasteiger partial charge in [-0.2, -0.15) is 8.78 Å². The number of amides is 2. The molecule has 0 radical (unpaired) electrons. The Morgan fingerprint density at radius 2 is 1.85 bits per heavy atom. The molecule has 0 aliphatic heterocycles. The van der Waals surface area contributed by atoms with Gasteiger partial charge in [0, 0.05) is 17.5 Å². The van der Waals surface area contributed by atoms with Gasteiger partial charge in [0.2, 0.25) is 17.5 Å². The fourth-order valence-electron chi connectivity index (χ4n) is 2.11. The van der Waals surface area contributed by atoms with Gasteiger partial charge in [-0.25, -0.2) is 8.78 Å². The van der Waals surface area contributed by atoms with E-state index in [9.17, 15) is 27.2 Å². The molecule has 0 aliphatic rings. The summed E-state index contributed by atoms with van der Waals surface area (Å²) in [5, 5.41) is 4.48. The number of hydrogen-bond donors (Lipinski definition) is 1. The van der Waals surface area contributed by atoms with Crippen LogP contribution in [0.25, 0.3) is 0 Å². The highest BCUT2D eigenvalue weighted by molar-refractivity contribution is 7.09. The largest absolute Gasteiger partial charge is 0.477 e. The number of benzene rings is 1. The Morgan fingerprint density at radius 1 is 1.19 bits per heavy atom. The average molecular weight is 404 g/mol. The van der Waals surface area contributed by atoms with E-state index in [1.807, 2.05) is 17.5 Å². The van der Waals surface area contributed by atoms with Crippen LogP contribution in [0, 0.1) is 23.3 Å². The van der Waals surface area contributed by atoms with E-state index in [0.29, 0.717) is 6.54 Å². The third-order valence-corrected chi connectivity index (χ3v) is 4.40. The Kier molecular flexibility index (Phi) is 7.17. The molecule has 1 aromatic carbocycles. The van der Waals surface area contributed by atoms with E-state index in [1.54, 1.807) is 6.92 Å². The summed E-state index contributed by atoms with van der Waals surface area (Å²) in [4.78, 5) is 26.0. The number of thiophene rings is 1. The molecule has 0 spiro atoms. The summed E-state index contributed by atoms with van der Waals surface area (Å²) in [5.41, 5.74) is 0. The minimum Gasteiger partial charge on any atom is -0.477 e. The molecule has 10 heteroatoms. The lowest BCUT2D eigenvalue weighted by molar-refractivity contribution is -0.137. The van der Waals surface area contributed by atoms with E-state index in [4.69, 9.17) is 0 Å². The summed E-state index contributed by atoms with van der Waals surface area (Å²) in [6.07, 6.45) is 0. The Morgan fingerprint density at radius 3 is 2.41 bits per heavy atom. The molecule has 0 unspecified atom stereocenters. The third kappa shape index (κ3) is 5.43. The summed E-state index contributed by atoms with van der Waals surface area (Å²) in [6.45, 7) is 0.831. The van der Waals surface area contributed by atoms with Crippen LogP contribution in [0.4, 0.5) is 17.6 Å². The highest BCUT2D eigenvalue weighted by atomic mass is 32.1. The second-order valence-corrected chi connectivity index (χ2v) is 6.38. The predicted octanol–water partition coefficient (Wildman–Crippen LogP) is 2.85. The molecule has 0 fully saturated rings. The molecular weight excluding hydrogens is 388 g/mol. The van der Waals surface area contributed by atoms with E-state index in [1.165, 1.54) is 11.3 Å². The zero-order valence-corrected chi connectivity index (χ0v) is 15.0. The first kappa shape index (κ1) is 20.7. The SMILES string of the molecule is CCN(CC(=O)NCc1cccs1)C(=O)COc1c(F)c(F)cc(F)c1F. The Balaban J connectivity index is 1.92. The van der Waals surface area contributed by atoms with Crippen LogP contribution in [-0.2, 0) is 16.1 Å². The number of likely N-dealkylation sites (N-methyl/N-ethyl adjacent to an activating group) is 1. The van der Waals surface area contributed by atoms with Crippen molar-refractivity contribution in [3.05, 3.63) is 51.7 Å². The first-order valence-electron chi connectivity index (χ1n) is 7.86. The molecule has 2 amide bonds. The van der Waals surface area contributed by atoms with Gasteiger partial charge in [-0.3, -0.25) is 9.59 Å². The van der Waals surface area contributed by atoms with Gasteiger partial charge in [0.05, 0.1) is 13.1 Å². The maximum absolute atomic E-state index is 13.5. The molecule has 5 nitrogen and oxygen atoms in total. The molecule has 1 heterocycles. The molecule has 1 N–H and O–H groups in total. The molecule has 0 bridgehead atoms. The lowest BCUT2D eigenvalue weighted by Gasteiger charge is -2.20. The fraction of sp³-hybridized carbons (Fsp3) is 0.294. The zero-order chi connectivity index (χ0) is 20.0. The van der Waals surface area contributed by atoms with Crippen molar-refractivity contribution in [2.45, 2.75) is 13.5 Å². The van der Waals surface area contributed by atoms with Gasteiger partial charge in [0.15, 0.2) is 24.0 Å². The third-order valence-electron chi connectivity index (χ3n) is 3.52. The van der Waals surface area contributed by atoms with E-state index in [-0.39, 0.29) is 19.2 Å². The Hall–Kier alpha value is -2.62. The van der Waals surface area contributed by atoms with Crippen LogP contribution in [0.2, 0.25) is 0 Å². The molecule has 146 valence electrons. The van der Waals surface area contributed by atoms with E-state index >= 15 is 0 Å². The Labute approximate surface area is 156 Å². The van der Waals surface area contributed by atoms with Crippen molar-refractivity contribution in [1.29, 1.82) is 0 Å². The molecule has 0 aliphatic carbocycles. The van der Waals surface area contributed by atoms with E-state index in [0.717, 1.165) is 9.78 Å². The minimum absolute atomic E-state index is 0.0373.